The van der Waals surface area contributed by atoms with Gasteiger partial charge in [0.1, 0.15) is 5.75 Å². The first-order valence-corrected chi connectivity index (χ1v) is 9.98. The van der Waals surface area contributed by atoms with Gasteiger partial charge in [0.2, 0.25) is 0 Å². The number of piperidine rings is 3. The largest absolute Gasteiger partial charge is 0.508 e. The van der Waals surface area contributed by atoms with Gasteiger partial charge in [-0.3, -0.25) is 9.88 Å². The van der Waals surface area contributed by atoms with Crippen LogP contribution in [0, 0.1) is 11.8 Å². The molecule has 5 rings (SSSR count). The van der Waals surface area contributed by atoms with Crippen molar-refractivity contribution in [3.63, 3.8) is 0 Å². The molecule has 27 heavy (non-hydrogen) atoms. The number of aromatic hydroxyl groups is 1. The lowest BCUT2D eigenvalue weighted by molar-refractivity contribution is -0.127. The van der Waals surface area contributed by atoms with E-state index in [-0.39, 0.29) is 17.5 Å². The Hall–Kier alpha value is -1.91. The van der Waals surface area contributed by atoms with E-state index in [2.05, 4.69) is 49.4 Å². The van der Waals surface area contributed by atoms with Crippen molar-refractivity contribution in [3.05, 3.63) is 48.7 Å². The molecule has 3 aliphatic rings. The van der Waals surface area contributed by atoms with Crippen molar-refractivity contribution in [3.8, 4) is 5.75 Å². The third kappa shape index (κ3) is 3.61. The Balaban J connectivity index is 1.77. The molecule has 1 N–H and O–H groups in total. The van der Waals surface area contributed by atoms with Crippen molar-refractivity contribution in [1.82, 2.24) is 9.88 Å². The molecule has 3 unspecified atom stereocenters. The lowest BCUT2D eigenvalue weighted by Crippen LogP contribution is -2.55. The summed E-state index contributed by atoms with van der Waals surface area (Å²) in [4.78, 5) is 7.07. The fourth-order valence-corrected chi connectivity index (χ4v) is 4.83. The highest BCUT2D eigenvalue weighted by molar-refractivity contribution is 5.83. The number of rotatable bonds is 4. The highest BCUT2D eigenvalue weighted by Gasteiger charge is 2.44. The maximum absolute atomic E-state index is 10.1. The second-order valence-corrected chi connectivity index (χ2v) is 9.00. The van der Waals surface area contributed by atoms with Gasteiger partial charge in [0.25, 0.3) is 0 Å². The minimum Gasteiger partial charge on any atom is -0.508 e. The third-order valence-electron chi connectivity index (χ3n) is 6.05. The molecular weight excluding hydrogens is 336 g/mol. The van der Waals surface area contributed by atoms with E-state index < -0.39 is 0 Å². The van der Waals surface area contributed by atoms with E-state index in [9.17, 15) is 5.11 Å². The van der Waals surface area contributed by atoms with Gasteiger partial charge < -0.3 is 9.84 Å². The zero-order valence-electron chi connectivity index (χ0n) is 16.6. The van der Waals surface area contributed by atoms with Gasteiger partial charge >= 0.3 is 0 Å². The summed E-state index contributed by atoms with van der Waals surface area (Å²) in [5.74, 6) is 1.54. The van der Waals surface area contributed by atoms with Crippen LogP contribution in [-0.4, -0.2) is 39.7 Å². The number of ether oxygens (including phenoxy) is 1. The molecule has 1 aromatic heterocycles. The summed E-state index contributed by atoms with van der Waals surface area (Å²) in [6.45, 7) is 12.6. The van der Waals surface area contributed by atoms with Crippen molar-refractivity contribution in [2.75, 3.05) is 13.1 Å². The Morgan fingerprint density at radius 3 is 2.81 bits per heavy atom. The topological polar surface area (TPSA) is 45.6 Å². The second kappa shape index (κ2) is 6.92. The quantitative estimate of drug-likeness (QED) is 0.797. The molecule has 0 amide bonds. The number of pyridine rings is 1. The van der Waals surface area contributed by atoms with Gasteiger partial charge in [0, 0.05) is 24.2 Å². The van der Waals surface area contributed by atoms with Crippen LogP contribution in [-0.2, 0) is 4.74 Å². The van der Waals surface area contributed by atoms with Crippen LogP contribution in [0.4, 0.5) is 0 Å². The summed E-state index contributed by atoms with van der Waals surface area (Å²) in [5, 5.41) is 11.0. The number of aromatic nitrogens is 1. The van der Waals surface area contributed by atoms with Crippen molar-refractivity contribution >= 4 is 10.9 Å². The van der Waals surface area contributed by atoms with Gasteiger partial charge in [-0.2, -0.15) is 0 Å². The van der Waals surface area contributed by atoms with Crippen molar-refractivity contribution in [1.29, 1.82) is 0 Å². The smallest absolute Gasteiger partial charge is 0.116 e. The Kier molecular flexibility index (Phi) is 4.73. The Bertz CT molecular complexity index is 842. The SMILES string of the molecule is C=CC1CN2CCC1C[C@H]2[C@H](OC(C)(C)C)c1ccnc2ccc(O)cc12. The van der Waals surface area contributed by atoms with E-state index in [4.69, 9.17) is 4.74 Å². The minimum absolute atomic E-state index is 0.0501. The van der Waals surface area contributed by atoms with E-state index in [1.165, 1.54) is 6.42 Å². The molecule has 4 heterocycles. The zero-order valence-corrected chi connectivity index (χ0v) is 16.6. The molecule has 3 fully saturated rings. The highest BCUT2D eigenvalue weighted by atomic mass is 16.5. The summed E-state index contributed by atoms with van der Waals surface area (Å²) in [5.41, 5.74) is 1.76. The molecule has 4 heteroatoms. The van der Waals surface area contributed by atoms with Gasteiger partial charge in [-0.1, -0.05) is 6.08 Å². The molecule has 2 aromatic rings. The first-order chi connectivity index (χ1) is 12.9. The standard InChI is InChI=1S/C23H30N2O2/c1-5-15-14-25-11-9-16(15)12-21(25)22(27-23(2,3)4)18-8-10-24-20-7-6-17(26)13-19(18)20/h5-8,10,13,15-16,21-22,26H,1,9,11-12,14H2,2-4H3/t15?,16?,21-,22+/m0/s1. The highest BCUT2D eigenvalue weighted by Crippen LogP contribution is 2.44. The molecule has 3 aliphatic heterocycles. The van der Waals surface area contributed by atoms with E-state index >= 15 is 0 Å². The molecule has 2 bridgehead atoms. The molecule has 0 saturated carbocycles. The van der Waals surface area contributed by atoms with E-state index in [1.807, 2.05) is 18.3 Å². The molecule has 0 aliphatic carbocycles. The average Bonchev–Trinajstić information content (AvgIpc) is 2.65. The number of fused-ring (bicyclic) bond motifs is 4. The molecule has 0 radical (unpaired) electrons. The summed E-state index contributed by atoms with van der Waals surface area (Å²) in [6.07, 6.45) is 6.31. The van der Waals surface area contributed by atoms with Gasteiger partial charge in [0.15, 0.2) is 0 Å². The number of phenols is 1. The average molecular weight is 367 g/mol. The monoisotopic (exact) mass is 366 g/mol. The molecule has 0 spiro atoms. The van der Waals surface area contributed by atoms with Crippen molar-refractivity contribution in [2.45, 2.75) is 51.4 Å². The molecule has 3 saturated heterocycles. The second-order valence-electron chi connectivity index (χ2n) is 9.00. The van der Waals surface area contributed by atoms with Crippen molar-refractivity contribution < 1.29 is 9.84 Å². The van der Waals surface area contributed by atoms with Crippen LogP contribution in [0.3, 0.4) is 0 Å². The Labute approximate surface area is 161 Å². The Morgan fingerprint density at radius 2 is 2.15 bits per heavy atom. The zero-order chi connectivity index (χ0) is 19.2. The van der Waals surface area contributed by atoms with E-state index in [1.54, 1.807) is 6.07 Å². The first-order valence-electron chi connectivity index (χ1n) is 9.98. The predicted molar refractivity (Wildman–Crippen MR) is 109 cm³/mol. The fraction of sp³-hybridized carbons (Fsp3) is 0.522. The van der Waals surface area contributed by atoms with Crippen LogP contribution in [0.1, 0.15) is 45.3 Å². The van der Waals surface area contributed by atoms with Crippen LogP contribution < -0.4 is 0 Å². The number of benzene rings is 1. The van der Waals surface area contributed by atoms with Crippen LogP contribution >= 0.6 is 0 Å². The maximum atomic E-state index is 10.1. The number of phenolic OH excluding ortho intramolecular Hbond substituents is 1. The van der Waals surface area contributed by atoms with Gasteiger partial charge in [-0.25, -0.2) is 0 Å². The third-order valence-corrected chi connectivity index (χ3v) is 6.05. The fourth-order valence-electron chi connectivity index (χ4n) is 4.83. The lowest BCUT2D eigenvalue weighted by Gasteiger charge is -2.52. The lowest BCUT2D eigenvalue weighted by atomic mass is 9.73. The van der Waals surface area contributed by atoms with Crippen LogP contribution in [0.25, 0.3) is 10.9 Å². The summed E-state index contributed by atoms with van der Waals surface area (Å²) in [7, 11) is 0. The number of nitrogens with zero attached hydrogens (tertiary/aromatic N) is 2. The molecule has 5 atom stereocenters. The molecular formula is C23H30N2O2. The summed E-state index contributed by atoms with van der Waals surface area (Å²) < 4.78 is 6.66. The Morgan fingerprint density at radius 1 is 1.33 bits per heavy atom. The normalized spacial score (nSPS) is 29.0. The summed E-state index contributed by atoms with van der Waals surface area (Å²) in [6, 6.07) is 7.79. The van der Waals surface area contributed by atoms with Gasteiger partial charge in [-0.05, 0) is 81.8 Å². The molecule has 1 aromatic carbocycles. The summed E-state index contributed by atoms with van der Waals surface area (Å²) >= 11 is 0. The van der Waals surface area contributed by atoms with Crippen LogP contribution in [0.2, 0.25) is 0 Å². The molecule has 144 valence electrons. The molecule has 4 nitrogen and oxygen atoms in total. The number of hydrogen-bond acceptors (Lipinski definition) is 4. The predicted octanol–water partition coefficient (Wildman–Crippen LogP) is 4.69. The minimum atomic E-state index is -0.257. The van der Waals surface area contributed by atoms with Crippen LogP contribution in [0.5, 0.6) is 5.75 Å². The van der Waals surface area contributed by atoms with Gasteiger partial charge in [-0.15, -0.1) is 6.58 Å². The number of hydrogen-bond donors (Lipinski definition) is 1. The maximum Gasteiger partial charge on any atom is 0.116 e. The van der Waals surface area contributed by atoms with E-state index in [0.29, 0.717) is 17.9 Å². The van der Waals surface area contributed by atoms with Crippen LogP contribution in [0.15, 0.2) is 43.1 Å². The van der Waals surface area contributed by atoms with Gasteiger partial charge in [0.05, 0.1) is 17.2 Å². The first kappa shape index (κ1) is 18.5. The van der Waals surface area contributed by atoms with E-state index in [0.717, 1.165) is 36.0 Å². The van der Waals surface area contributed by atoms with Crippen molar-refractivity contribution in [2.24, 2.45) is 11.8 Å².